The molecule has 2 fully saturated rings. The molecule has 1 heterocycles. The zero-order chi connectivity index (χ0) is 13.2. The summed E-state index contributed by atoms with van der Waals surface area (Å²) in [6.07, 6.45) is 5.30. The van der Waals surface area contributed by atoms with E-state index in [0.717, 1.165) is 24.4 Å². The topological polar surface area (TPSA) is 32.7 Å². The molecule has 0 radical (unpaired) electrons. The van der Waals surface area contributed by atoms with Crippen LogP contribution in [0, 0.1) is 0 Å². The zero-order valence-electron chi connectivity index (χ0n) is 11.0. The predicted octanol–water partition coefficient (Wildman–Crippen LogP) is 2.98. The normalized spacial score (nSPS) is 27.2. The molecule has 0 amide bonds. The molecule has 1 saturated carbocycles. The van der Waals surface area contributed by atoms with Gasteiger partial charge in [-0.1, -0.05) is 30.5 Å². The van der Waals surface area contributed by atoms with Crippen LogP contribution >= 0.6 is 11.6 Å². The van der Waals surface area contributed by atoms with E-state index in [2.05, 4.69) is 11.0 Å². The predicted molar refractivity (Wildman–Crippen MR) is 76.7 cm³/mol. The molecule has 1 aromatic carbocycles. The van der Waals surface area contributed by atoms with Crippen molar-refractivity contribution < 1.29 is 9.84 Å². The number of ether oxygens (including phenoxy) is 1. The minimum Gasteiger partial charge on any atom is -0.392 e. The van der Waals surface area contributed by atoms with E-state index in [0.29, 0.717) is 17.2 Å². The monoisotopic (exact) mass is 281 g/mol. The Bertz CT molecular complexity index is 450. The molecule has 2 unspecified atom stereocenters. The number of rotatable bonds is 2. The van der Waals surface area contributed by atoms with Gasteiger partial charge in [0.1, 0.15) is 0 Å². The first-order valence-corrected chi connectivity index (χ1v) is 7.45. The number of benzene rings is 1. The van der Waals surface area contributed by atoms with Gasteiger partial charge in [0, 0.05) is 17.3 Å². The largest absolute Gasteiger partial charge is 0.392 e. The first kappa shape index (κ1) is 13.2. The molecule has 3 rings (SSSR count). The first-order chi connectivity index (χ1) is 9.29. The average Bonchev–Trinajstić information content (AvgIpc) is 2.46. The van der Waals surface area contributed by atoms with Crippen molar-refractivity contribution in [2.45, 2.75) is 44.4 Å². The molecule has 0 aromatic heterocycles. The molecule has 1 aromatic rings. The standard InChI is InChI=1S/C15H20ClNO2/c16-13-9-12(6-5-11(13)10-18)17-7-8-19-15-4-2-1-3-14(15)17/h5-6,9,14-15,18H,1-4,7-8,10H2. The van der Waals surface area contributed by atoms with E-state index < -0.39 is 0 Å². The number of nitrogens with zero attached hydrogens (tertiary/aromatic N) is 1. The van der Waals surface area contributed by atoms with Crippen LogP contribution in [0.5, 0.6) is 0 Å². The number of morpholine rings is 1. The van der Waals surface area contributed by atoms with Crippen LogP contribution in [0.3, 0.4) is 0 Å². The quantitative estimate of drug-likeness (QED) is 0.905. The molecule has 104 valence electrons. The van der Waals surface area contributed by atoms with Crippen molar-refractivity contribution in [3.05, 3.63) is 28.8 Å². The lowest BCUT2D eigenvalue weighted by Crippen LogP contribution is -2.52. The molecule has 3 nitrogen and oxygen atoms in total. The number of aliphatic hydroxyl groups excluding tert-OH is 1. The van der Waals surface area contributed by atoms with Crippen molar-refractivity contribution in [1.29, 1.82) is 0 Å². The molecule has 19 heavy (non-hydrogen) atoms. The third-order valence-electron chi connectivity index (χ3n) is 4.27. The zero-order valence-corrected chi connectivity index (χ0v) is 11.8. The Morgan fingerprint density at radius 1 is 1.32 bits per heavy atom. The minimum atomic E-state index is -0.00568. The smallest absolute Gasteiger partial charge is 0.0779 e. The molecular weight excluding hydrogens is 262 g/mol. The molecular formula is C15H20ClNO2. The van der Waals surface area contributed by atoms with Crippen LogP contribution in [0.2, 0.25) is 5.02 Å². The lowest BCUT2D eigenvalue weighted by Gasteiger charge is -2.45. The van der Waals surface area contributed by atoms with Gasteiger partial charge in [0.2, 0.25) is 0 Å². The maximum atomic E-state index is 9.19. The van der Waals surface area contributed by atoms with E-state index in [-0.39, 0.29) is 6.61 Å². The summed E-state index contributed by atoms with van der Waals surface area (Å²) in [6, 6.07) is 6.45. The van der Waals surface area contributed by atoms with Gasteiger partial charge in [-0.15, -0.1) is 0 Å². The number of anilines is 1. The van der Waals surface area contributed by atoms with Gasteiger partial charge >= 0.3 is 0 Å². The second-order valence-corrected chi connectivity index (χ2v) is 5.80. The van der Waals surface area contributed by atoms with E-state index in [9.17, 15) is 5.11 Å². The number of halogens is 1. The second-order valence-electron chi connectivity index (χ2n) is 5.39. The summed E-state index contributed by atoms with van der Waals surface area (Å²) in [6.45, 7) is 1.71. The Morgan fingerprint density at radius 3 is 2.95 bits per heavy atom. The Hall–Kier alpha value is -0.770. The van der Waals surface area contributed by atoms with Gasteiger partial charge in [0.05, 0.1) is 25.4 Å². The van der Waals surface area contributed by atoms with Crippen molar-refractivity contribution in [3.8, 4) is 0 Å². The van der Waals surface area contributed by atoms with Crippen molar-refractivity contribution in [3.63, 3.8) is 0 Å². The van der Waals surface area contributed by atoms with Crippen LogP contribution in [0.4, 0.5) is 5.69 Å². The van der Waals surface area contributed by atoms with E-state index in [1.165, 1.54) is 25.7 Å². The van der Waals surface area contributed by atoms with Crippen molar-refractivity contribution in [1.82, 2.24) is 0 Å². The molecule has 2 aliphatic rings. The van der Waals surface area contributed by atoms with Gasteiger partial charge in [-0.2, -0.15) is 0 Å². The van der Waals surface area contributed by atoms with Gasteiger partial charge in [-0.25, -0.2) is 0 Å². The van der Waals surface area contributed by atoms with Crippen molar-refractivity contribution in [2.75, 3.05) is 18.1 Å². The van der Waals surface area contributed by atoms with E-state index in [4.69, 9.17) is 16.3 Å². The fourth-order valence-corrected chi connectivity index (χ4v) is 3.49. The fraction of sp³-hybridized carbons (Fsp3) is 0.600. The van der Waals surface area contributed by atoms with Crippen LogP contribution in [-0.2, 0) is 11.3 Å². The molecule has 4 heteroatoms. The lowest BCUT2D eigenvalue weighted by atomic mass is 9.89. The van der Waals surface area contributed by atoms with Gasteiger partial charge in [0.15, 0.2) is 0 Å². The lowest BCUT2D eigenvalue weighted by molar-refractivity contribution is -0.00867. The third-order valence-corrected chi connectivity index (χ3v) is 4.62. The molecule has 2 atom stereocenters. The summed E-state index contributed by atoms with van der Waals surface area (Å²) in [5, 5.41) is 9.84. The van der Waals surface area contributed by atoms with Crippen LogP contribution < -0.4 is 4.90 Å². The highest BCUT2D eigenvalue weighted by atomic mass is 35.5. The molecule has 0 bridgehead atoms. The molecule has 0 spiro atoms. The number of hydrogen-bond acceptors (Lipinski definition) is 3. The Morgan fingerprint density at radius 2 is 2.16 bits per heavy atom. The molecule has 1 saturated heterocycles. The van der Waals surface area contributed by atoms with E-state index >= 15 is 0 Å². The first-order valence-electron chi connectivity index (χ1n) is 7.07. The summed E-state index contributed by atoms with van der Waals surface area (Å²) in [7, 11) is 0. The third kappa shape index (κ3) is 2.60. The summed E-state index contributed by atoms with van der Waals surface area (Å²) in [4.78, 5) is 2.43. The number of hydrogen-bond donors (Lipinski definition) is 1. The highest BCUT2D eigenvalue weighted by Crippen LogP contribution is 2.33. The van der Waals surface area contributed by atoms with E-state index in [1.54, 1.807) is 0 Å². The second kappa shape index (κ2) is 5.70. The summed E-state index contributed by atoms with van der Waals surface area (Å²) < 4.78 is 5.89. The number of fused-ring (bicyclic) bond motifs is 1. The fourth-order valence-electron chi connectivity index (χ4n) is 3.26. The van der Waals surface area contributed by atoms with E-state index in [1.807, 2.05) is 12.1 Å². The van der Waals surface area contributed by atoms with Gasteiger partial charge in [0.25, 0.3) is 0 Å². The summed E-state index contributed by atoms with van der Waals surface area (Å²) in [5.74, 6) is 0. The number of aliphatic hydroxyl groups is 1. The van der Waals surface area contributed by atoms with Crippen LogP contribution in [0.15, 0.2) is 18.2 Å². The summed E-state index contributed by atoms with van der Waals surface area (Å²) >= 11 is 6.21. The molecule has 1 aliphatic carbocycles. The highest BCUT2D eigenvalue weighted by molar-refractivity contribution is 6.31. The van der Waals surface area contributed by atoms with Gasteiger partial charge in [-0.3, -0.25) is 0 Å². The van der Waals surface area contributed by atoms with Gasteiger partial charge < -0.3 is 14.7 Å². The highest BCUT2D eigenvalue weighted by Gasteiger charge is 2.34. The van der Waals surface area contributed by atoms with Crippen molar-refractivity contribution in [2.24, 2.45) is 0 Å². The van der Waals surface area contributed by atoms with Crippen LogP contribution in [0.25, 0.3) is 0 Å². The maximum absolute atomic E-state index is 9.19. The minimum absolute atomic E-state index is 0.00568. The summed E-state index contributed by atoms with van der Waals surface area (Å²) in [5.41, 5.74) is 1.95. The SMILES string of the molecule is OCc1ccc(N2CCOC3CCCCC32)cc1Cl. The maximum Gasteiger partial charge on any atom is 0.0779 e. The van der Waals surface area contributed by atoms with Gasteiger partial charge in [-0.05, 0) is 30.5 Å². The Balaban J connectivity index is 1.85. The van der Waals surface area contributed by atoms with Crippen LogP contribution in [-0.4, -0.2) is 30.4 Å². The average molecular weight is 282 g/mol. The molecule has 1 aliphatic heterocycles. The molecule has 1 N–H and O–H groups in total. The van der Waals surface area contributed by atoms with Crippen molar-refractivity contribution >= 4 is 17.3 Å². The Kier molecular flexibility index (Phi) is 3.96. The Labute approximate surface area is 119 Å². The van der Waals surface area contributed by atoms with Crippen LogP contribution in [0.1, 0.15) is 31.2 Å².